The third-order valence-electron chi connectivity index (χ3n) is 2.70. The Morgan fingerprint density at radius 2 is 2.06 bits per heavy atom. The number of likely N-dealkylation sites (N-methyl/N-ethyl adjacent to an activating group) is 1. The van der Waals surface area contributed by atoms with Gasteiger partial charge < -0.3 is 4.90 Å². The van der Waals surface area contributed by atoms with Gasteiger partial charge in [0, 0.05) is 23.9 Å². The van der Waals surface area contributed by atoms with E-state index in [-0.39, 0.29) is 0 Å². The zero-order valence-corrected chi connectivity index (χ0v) is 9.58. The van der Waals surface area contributed by atoms with Gasteiger partial charge in [0.25, 0.3) is 0 Å². The molecule has 0 saturated carbocycles. The molecule has 0 N–H and O–H groups in total. The summed E-state index contributed by atoms with van der Waals surface area (Å²) >= 11 is 0. The van der Waals surface area contributed by atoms with Gasteiger partial charge in [-0.15, -0.1) is 0 Å². The molecule has 0 atom stereocenters. The van der Waals surface area contributed by atoms with Crippen LogP contribution in [-0.4, -0.2) is 11.4 Å². The fraction of sp³-hybridized carbons (Fsp3) is 0.143. The quantitative estimate of drug-likeness (QED) is 0.752. The third kappa shape index (κ3) is 2.13. The first kappa shape index (κ1) is 11.6. The van der Waals surface area contributed by atoms with Crippen molar-refractivity contribution in [3.63, 3.8) is 0 Å². The Hall–Kier alpha value is -1.90. The fourth-order valence-electron chi connectivity index (χ4n) is 1.89. The lowest BCUT2D eigenvalue weighted by atomic mass is 10.1. The van der Waals surface area contributed by atoms with Crippen LogP contribution in [0.4, 0.5) is 8.78 Å². The number of rotatable bonds is 2. The smallest absolute Gasteiger partial charge is 0.135 e. The van der Waals surface area contributed by atoms with E-state index < -0.39 is 11.6 Å². The summed E-state index contributed by atoms with van der Waals surface area (Å²) in [6.45, 7) is 6.54. The molecule has 1 nitrogen and oxygen atoms in total. The summed E-state index contributed by atoms with van der Waals surface area (Å²) in [5.74, 6) is -1.13. The Balaban J connectivity index is 2.48. The predicted octanol–water partition coefficient (Wildman–Crippen LogP) is 3.71. The summed E-state index contributed by atoms with van der Waals surface area (Å²) in [4.78, 5) is 1.89. The summed E-state index contributed by atoms with van der Waals surface area (Å²) in [6, 6.07) is 3.60. The number of benzene rings is 1. The van der Waals surface area contributed by atoms with E-state index in [9.17, 15) is 8.78 Å². The highest BCUT2D eigenvalue weighted by Gasteiger charge is 2.17. The Kier molecular flexibility index (Phi) is 3.09. The van der Waals surface area contributed by atoms with Gasteiger partial charge in [0.1, 0.15) is 11.6 Å². The van der Waals surface area contributed by atoms with Crippen LogP contribution < -0.4 is 0 Å². The van der Waals surface area contributed by atoms with E-state index in [1.165, 1.54) is 12.1 Å². The molecule has 2 rings (SSSR count). The van der Waals surface area contributed by atoms with E-state index in [1.54, 1.807) is 6.08 Å². The van der Waals surface area contributed by atoms with Crippen LogP contribution in [-0.2, 0) is 0 Å². The highest BCUT2D eigenvalue weighted by atomic mass is 19.1. The fourth-order valence-corrected chi connectivity index (χ4v) is 1.89. The molecular weight excluding hydrogens is 220 g/mol. The molecule has 0 fully saturated rings. The first-order valence-corrected chi connectivity index (χ1v) is 5.43. The molecular formula is C14H13F2N. The van der Waals surface area contributed by atoms with Crippen molar-refractivity contribution in [1.29, 1.82) is 0 Å². The number of nitrogens with zero attached hydrogens (tertiary/aromatic N) is 1. The lowest BCUT2D eigenvalue weighted by molar-refractivity contribution is 0.520. The molecule has 0 saturated heterocycles. The zero-order valence-electron chi connectivity index (χ0n) is 9.58. The number of hydrogen-bond donors (Lipinski definition) is 0. The number of halogens is 2. The topological polar surface area (TPSA) is 3.24 Å². The minimum absolute atomic E-state index is 0.388. The highest BCUT2D eigenvalue weighted by molar-refractivity contribution is 5.69. The molecule has 0 unspecified atom stereocenters. The molecule has 0 radical (unpaired) electrons. The maximum atomic E-state index is 13.7. The van der Waals surface area contributed by atoms with Gasteiger partial charge in [-0.1, -0.05) is 12.7 Å². The van der Waals surface area contributed by atoms with Crippen LogP contribution in [0.1, 0.15) is 12.5 Å². The molecule has 1 aliphatic rings. The Labute approximate surface area is 99.4 Å². The largest absolute Gasteiger partial charge is 0.342 e. The van der Waals surface area contributed by atoms with Crippen molar-refractivity contribution in [1.82, 2.24) is 4.90 Å². The van der Waals surface area contributed by atoms with Gasteiger partial charge >= 0.3 is 0 Å². The van der Waals surface area contributed by atoms with E-state index in [0.717, 1.165) is 11.8 Å². The van der Waals surface area contributed by atoms with Gasteiger partial charge in [-0.25, -0.2) is 8.78 Å². The molecule has 3 heteroatoms. The van der Waals surface area contributed by atoms with Crippen molar-refractivity contribution in [3.05, 3.63) is 65.9 Å². The maximum absolute atomic E-state index is 13.7. The molecule has 0 aromatic heterocycles. The van der Waals surface area contributed by atoms with E-state index in [4.69, 9.17) is 0 Å². The predicted molar refractivity (Wildman–Crippen MR) is 65.0 cm³/mol. The lowest BCUT2D eigenvalue weighted by Gasteiger charge is -2.29. The number of allylic oxidation sites excluding steroid dienone is 3. The van der Waals surface area contributed by atoms with Crippen molar-refractivity contribution in [2.24, 2.45) is 0 Å². The highest BCUT2D eigenvalue weighted by Crippen LogP contribution is 2.28. The van der Waals surface area contributed by atoms with Crippen LogP contribution in [0.15, 0.2) is 48.7 Å². The normalized spacial score (nSPS) is 15.1. The molecule has 0 aliphatic carbocycles. The van der Waals surface area contributed by atoms with Crippen molar-refractivity contribution in [2.45, 2.75) is 6.92 Å². The standard InChI is InChI=1S/C14H13F2N/c1-3-17-10(2)5-4-6-14(17)12-8-7-11(15)9-13(12)16/h4-9H,2-3H2,1H3. The van der Waals surface area contributed by atoms with E-state index >= 15 is 0 Å². The minimum atomic E-state index is -0.569. The lowest BCUT2D eigenvalue weighted by Crippen LogP contribution is -2.21. The summed E-state index contributed by atoms with van der Waals surface area (Å²) in [5.41, 5.74) is 1.89. The summed E-state index contributed by atoms with van der Waals surface area (Å²) in [7, 11) is 0. The van der Waals surface area contributed by atoms with Crippen LogP contribution in [0.2, 0.25) is 0 Å². The van der Waals surface area contributed by atoms with Gasteiger partial charge in [0.2, 0.25) is 0 Å². The van der Waals surface area contributed by atoms with Crippen molar-refractivity contribution < 1.29 is 8.78 Å². The molecule has 1 aromatic rings. The molecule has 0 spiro atoms. The first-order chi connectivity index (χ1) is 8.13. The summed E-state index contributed by atoms with van der Waals surface area (Å²) in [5, 5.41) is 0. The second kappa shape index (κ2) is 4.53. The monoisotopic (exact) mass is 233 g/mol. The Morgan fingerprint density at radius 3 is 2.71 bits per heavy atom. The van der Waals surface area contributed by atoms with Gasteiger partial charge in [0.15, 0.2) is 0 Å². The van der Waals surface area contributed by atoms with Gasteiger partial charge in [-0.2, -0.15) is 0 Å². The van der Waals surface area contributed by atoms with Crippen LogP contribution in [0.3, 0.4) is 0 Å². The van der Waals surface area contributed by atoms with E-state index in [2.05, 4.69) is 6.58 Å². The molecule has 1 heterocycles. The van der Waals surface area contributed by atoms with Crippen LogP contribution >= 0.6 is 0 Å². The van der Waals surface area contributed by atoms with Crippen molar-refractivity contribution in [3.8, 4) is 0 Å². The average molecular weight is 233 g/mol. The number of hydrogen-bond acceptors (Lipinski definition) is 1. The minimum Gasteiger partial charge on any atom is -0.342 e. The van der Waals surface area contributed by atoms with Crippen LogP contribution in [0.25, 0.3) is 5.70 Å². The molecule has 1 aromatic carbocycles. The van der Waals surface area contributed by atoms with Crippen molar-refractivity contribution in [2.75, 3.05) is 6.54 Å². The maximum Gasteiger partial charge on any atom is 0.135 e. The van der Waals surface area contributed by atoms with Crippen molar-refractivity contribution >= 4 is 5.70 Å². The molecule has 0 bridgehead atoms. The molecule has 17 heavy (non-hydrogen) atoms. The van der Waals surface area contributed by atoms with Gasteiger partial charge in [0.05, 0.1) is 5.70 Å². The zero-order chi connectivity index (χ0) is 12.4. The first-order valence-electron chi connectivity index (χ1n) is 5.43. The van der Waals surface area contributed by atoms with E-state index in [0.29, 0.717) is 17.8 Å². The summed E-state index contributed by atoms with van der Waals surface area (Å²) in [6.07, 6.45) is 5.47. The Morgan fingerprint density at radius 1 is 1.29 bits per heavy atom. The molecule has 0 amide bonds. The molecule has 88 valence electrons. The van der Waals surface area contributed by atoms with Crippen LogP contribution in [0, 0.1) is 11.6 Å². The SMILES string of the molecule is C=C1C=CC=C(c2ccc(F)cc2F)N1CC. The Bertz CT molecular complexity index is 515. The second-order valence-corrected chi connectivity index (χ2v) is 3.77. The van der Waals surface area contributed by atoms with Crippen LogP contribution in [0.5, 0.6) is 0 Å². The van der Waals surface area contributed by atoms with Gasteiger partial charge in [-0.3, -0.25) is 0 Å². The van der Waals surface area contributed by atoms with Gasteiger partial charge in [-0.05, 0) is 31.2 Å². The third-order valence-corrected chi connectivity index (χ3v) is 2.70. The molecule has 1 aliphatic heterocycles. The average Bonchev–Trinajstić information content (AvgIpc) is 2.29. The second-order valence-electron chi connectivity index (χ2n) is 3.77. The van der Waals surface area contributed by atoms with E-state index in [1.807, 2.05) is 24.0 Å². The summed E-state index contributed by atoms with van der Waals surface area (Å²) < 4.78 is 26.6.